The van der Waals surface area contributed by atoms with Crippen LogP contribution in [0.4, 0.5) is 10.1 Å². The number of benzene rings is 2. The molecule has 3 rings (SSSR count). The molecule has 0 atom stereocenters. The third-order valence-electron chi connectivity index (χ3n) is 3.36. The summed E-state index contributed by atoms with van der Waals surface area (Å²) in [6, 6.07) is 11.3. The van der Waals surface area contributed by atoms with Crippen LogP contribution in [0.2, 0.25) is 0 Å². The molecular formula is C17H14FN5O. The molecule has 0 bridgehead atoms. The summed E-state index contributed by atoms with van der Waals surface area (Å²) in [6.07, 6.45) is 4.53. The number of nitrogens with zero attached hydrogens (tertiary/aromatic N) is 4. The highest BCUT2D eigenvalue weighted by atomic mass is 19.1. The zero-order valence-corrected chi connectivity index (χ0v) is 12.8. The van der Waals surface area contributed by atoms with Crippen molar-refractivity contribution in [2.75, 3.05) is 5.32 Å². The van der Waals surface area contributed by atoms with Crippen molar-refractivity contribution in [3.05, 3.63) is 71.8 Å². The summed E-state index contributed by atoms with van der Waals surface area (Å²) >= 11 is 0. The van der Waals surface area contributed by atoms with Crippen LogP contribution < -0.4 is 5.32 Å². The van der Waals surface area contributed by atoms with E-state index in [2.05, 4.69) is 20.8 Å². The number of hydrogen-bond donors (Lipinski definition) is 1. The van der Waals surface area contributed by atoms with E-state index in [1.54, 1.807) is 29.0 Å². The fourth-order valence-corrected chi connectivity index (χ4v) is 2.19. The van der Waals surface area contributed by atoms with Crippen LogP contribution in [-0.2, 0) is 4.79 Å². The second-order valence-electron chi connectivity index (χ2n) is 5.13. The molecule has 3 aromatic rings. The number of aromatic nitrogens is 4. The molecule has 0 spiro atoms. The van der Waals surface area contributed by atoms with Crippen LogP contribution in [0.5, 0.6) is 0 Å². The SMILES string of the molecule is Cc1cc(NC(=O)/C=C/c2ccc(F)cc2)ccc1-n1cnnn1. The van der Waals surface area contributed by atoms with Crippen molar-refractivity contribution in [1.82, 2.24) is 20.2 Å². The van der Waals surface area contributed by atoms with Crippen molar-refractivity contribution in [2.45, 2.75) is 6.92 Å². The van der Waals surface area contributed by atoms with E-state index >= 15 is 0 Å². The second-order valence-corrected chi connectivity index (χ2v) is 5.13. The third-order valence-corrected chi connectivity index (χ3v) is 3.36. The maximum absolute atomic E-state index is 12.8. The highest BCUT2D eigenvalue weighted by molar-refractivity contribution is 6.02. The van der Waals surface area contributed by atoms with Crippen molar-refractivity contribution in [3.8, 4) is 5.69 Å². The van der Waals surface area contributed by atoms with Crippen molar-refractivity contribution in [1.29, 1.82) is 0 Å². The Kier molecular flexibility index (Phi) is 4.42. The quantitative estimate of drug-likeness (QED) is 0.749. The van der Waals surface area contributed by atoms with Crippen molar-refractivity contribution < 1.29 is 9.18 Å². The van der Waals surface area contributed by atoms with Gasteiger partial charge in [-0.2, -0.15) is 0 Å². The van der Waals surface area contributed by atoms with Gasteiger partial charge in [-0.1, -0.05) is 12.1 Å². The largest absolute Gasteiger partial charge is 0.323 e. The van der Waals surface area contributed by atoms with Crippen LogP contribution >= 0.6 is 0 Å². The van der Waals surface area contributed by atoms with Crippen molar-refractivity contribution >= 4 is 17.7 Å². The molecule has 7 heteroatoms. The van der Waals surface area contributed by atoms with E-state index in [0.717, 1.165) is 16.8 Å². The zero-order chi connectivity index (χ0) is 16.9. The molecule has 1 amide bonds. The highest BCUT2D eigenvalue weighted by Gasteiger charge is 2.05. The van der Waals surface area contributed by atoms with Crippen LogP contribution in [0.25, 0.3) is 11.8 Å². The molecule has 120 valence electrons. The number of tetrazole rings is 1. The van der Waals surface area contributed by atoms with Crippen LogP contribution in [-0.4, -0.2) is 26.1 Å². The molecular weight excluding hydrogens is 309 g/mol. The number of anilines is 1. The summed E-state index contributed by atoms with van der Waals surface area (Å²) in [5, 5.41) is 13.8. The molecule has 0 aliphatic rings. The lowest BCUT2D eigenvalue weighted by Crippen LogP contribution is -2.08. The van der Waals surface area contributed by atoms with E-state index in [4.69, 9.17) is 0 Å². The second kappa shape index (κ2) is 6.82. The molecule has 0 radical (unpaired) electrons. The predicted molar refractivity (Wildman–Crippen MR) is 88.0 cm³/mol. The normalized spacial score (nSPS) is 10.9. The average Bonchev–Trinajstić information content (AvgIpc) is 3.09. The van der Waals surface area contributed by atoms with Gasteiger partial charge in [0.1, 0.15) is 12.1 Å². The minimum atomic E-state index is -0.310. The number of nitrogens with one attached hydrogen (secondary N) is 1. The molecule has 1 N–H and O–H groups in total. The summed E-state index contributed by atoms with van der Waals surface area (Å²) in [5.41, 5.74) is 3.16. The Labute approximate surface area is 137 Å². The Hall–Kier alpha value is -3.35. The van der Waals surface area contributed by atoms with Gasteiger partial charge < -0.3 is 5.32 Å². The van der Waals surface area contributed by atoms with E-state index in [0.29, 0.717) is 5.69 Å². The van der Waals surface area contributed by atoms with Crippen molar-refractivity contribution in [2.24, 2.45) is 0 Å². The summed E-state index contributed by atoms with van der Waals surface area (Å²) in [4.78, 5) is 12.0. The number of amides is 1. The minimum Gasteiger partial charge on any atom is -0.323 e. The maximum atomic E-state index is 12.8. The first-order chi connectivity index (χ1) is 11.6. The molecule has 2 aromatic carbocycles. The molecule has 24 heavy (non-hydrogen) atoms. The lowest BCUT2D eigenvalue weighted by atomic mass is 10.1. The fraction of sp³-hybridized carbons (Fsp3) is 0.0588. The summed E-state index contributed by atoms with van der Waals surface area (Å²) in [5.74, 6) is -0.580. The highest BCUT2D eigenvalue weighted by Crippen LogP contribution is 2.18. The first-order valence-corrected chi connectivity index (χ1v) is 7.20. The topological polar surface area (TPSA) is 72.7 Å². The summed E-state index contributed by atoms with van der Waals surface area (Å²) < 4.78 is 14.4. The van der Waals surface area contributed by atoms with Gasteiger partial charge in [0.25, 0.3) is 0 Å². The van der Waals surface area contributed by atoms with E-state index in [1.165, 1.54) is 24.5 Å². The lowest BCUT2D eigenvalue weighted by molar-refractivity contribution is -0.111. The van der Waals surface area contributed by atoms with E-state index < -0.39 is 0 Å². The number of rotatable bonds is 4. The number of carbonyl (C=O) groups excluding carboxylic acids is 1. The number of halogens is 1. The lowest BCUT2D eigenvalue weighted by Gasteiger charge is -2.08. The molecule has 0 saturated heterocycles. The standard InChI is InChI=1S/C17H14FN5O/c1-12-10-15(7-8-16(12)23-11-19-21-22-23)20-17(24)9-4-13-2-5-14(18)6-3-13/h2-11H,1H3,(H,20,24)/b9-4+. The molecule has 0 unspecified atom stereocenters. The molecule has 1 heterocycles. The van der Waals surface area contributed by atoms with Gasteiger partial charge in [0.05, 0.1) is 5.69 Å². The average molecular weight is 323 g/mol. The van der Waals surface area contributed by atoms with Gasteiger partial charge in [0.2, 0.25) is 5.91 Å². The fourth-order valence-electron chi connectivity index (χ4n) is 2.19. The van der Waals surface area contributed by atoms with E-state index in [1.807, 2.05) is 19.1 Å². The van der Waals surface area contributed by atoms with Gasteiger partial charge in [-0.05, 0) is 64.9 Å². The van der Waals surface area contributed by atoms with Gasteiger partial charge in [-0.15, -0.1) is 5.10 Å². The Morgan fingerprint density at radius 2 is 2.00 bits per heavy atom. The predicted octanol–water partition coefficient (Wildman–Crippen LogP) is 2.76. The molecule has 0 fully saturated rings. The van der Waals surface area contributed by atoms with E-state index in [-0.39, 0.29) is 11.7 Å². The maximum Gasteiger partial charge on any atom is 0.248 e. The minimum absolute atomic E-state index is 0.270. The molecule has 6 nitrogen and oxygen atoms in total. The number of aryl methyl sites for hydroxylation is 1. The summed E-state index contributed by atoms with van der Waals surface area (Å²) in [6.45, 7) is 1.90. The van der Waals surface area contributed by atoms with Crippen LogP contribution in [0.15, 0.2) is 54.9 Å². The first-order valence-electron chi connectivity index (χ1n) is 7.20. The number of hydrogen-bond acceptors (Lipinski definition) is 4. The molecule has 1 aromatic heterocycles. The monoisotopic (exact) mass is 323 g/mol. The Balaban J connectivity index is 1.68. The third kappa shape index (κ3) is 3.70. The van der Waals surface area contributed by atoms with Gasteiger partial charge in [0, 0.05) is 11.8 Å². The molecule has 0 saturated carbocycles. The van der Waals surface area contributed by atoms with Gasteiger partial charge in [-0.3, -0.25) is 4.79 Å². The van der Waals surface area contributed by atoms with Crippen LogP contribution in [0.3, 0.4) is 0 Å². The first kappa shape index (κ1) is 15.5. The smallest absolute Gasteiger partial charge is 0.248 e. The zero-order valence-electron chi connectivity index (χ0n) is 12.8. The Morgan fingerprint density at radius 3 is 2.67 bits per heavy atom. The van der Waals surface area contributed by atoms with Gasteiger partial charge in [-0.25, -0.2) is 9.07 Å². The van der Waals surface area contributed by atoms with Gasteiger partial charge >= 0.3 is 0 Å². The Morgan fingerprint density at radius 1 is 1.21 bits per heavy atom. The van der Waals surface area contributed by atoms with Crippen molar-refractivity contribution in [3.63, 3.8) is 0 Å². The molecule has 0 aliphatic heterocycles. The van der Waals surface area contributed by atoms with Crippen LogP contribution in [0, 0.1) is 12.7 Å². The van der Waals surface area contributed by atoms with E-state index in [9.17, 15) is 9.18 Å². The Bertz CT molecular complexity index is 873. The van der Waals surface area contributed by atoms with Crippen LogP contribution in [0.1, 0.15) is 11.1 Å². The summed E-state index contributed by atoms with van der Waals surface area (Å²) in [7, 11) is 0. The van der Waals surface area contributed by atoms with Gasteiger partial charge in [0.15, 0.2) is 0 Å². The molecule has 0 aliphatic carbocycles. The number of carbonyl (C=O) groups is 1.